The van der Waals surface area contributed by atoms with Crippen molar-refractivity contribution in [2.45, 2.75) is 74.8 Å². The molecule has 2 fully saturated rings. The normalized spacial score (nSPS) is 17.4. The molecule has 2 heterocycles. The molecule has 1 amide bonds. The molecule has 0 N–H and O–H groups in total. The molecule has 58 heavy (non-hydrogen) atoms. The number of anilines is 1. The summed E-state index contributed by atoms with van der Waals surface area (Å²) >= 11 is 5.58. The van der Waals surface area contributed by atoms with Crippen LogP contribution in [0, 0.1) is 23.3 Å². The lowest BCUT2D eigenvalue weighted by Gasteiger charge is -2.50. The minimum Gasteiger partial charge on any atom is -0.457 e. The number of sulfonamides is 1. The maximum atomic E-state index is 15.4. The first kappa shape index (κ1) is 41.0. The van der Waals surface area contributed by atoms with Crippen molar-refractivity contribution in [2.24, 2.45) is 0 Å². The quantitative estimate of drug-likeness (QED) is 0.0501. The highest BCUT2D eigenvalue weighted by Gasteiger charge is 2.61. The highest BCUT2D eigenvalue weighted by Crippen LogP contribution is 2.43. The summed E-state index contributed by atoms with van der Waals surface area (Å²) in [6.07, 6.45) is 8.06. The number of amides is 1. The lowest BCUT2D eigenvalue weighted by Crippen LogP contribution is -2.70. The number of esters is 1. The maximum Gasteiger partial charge on any atom is 0.338 e. The van der Waals surface area contributed by atoms with Gasteiger partial charge in [-0.15, -0.1) is 0 Å². The fourth-order valence-electron chi connectivity index (χ4n) is 7.13. The summed E-state index contributed by atoms with van der Waals surface area (Å²) in [6.45, 7) is -1.14. The minimum atomic E-state index is -5.51. The molecule has 0 unspecified atom stereocenters. The first-order valence-electron chi connectivity index (χ1n) is 18.6. The van der Waals surface area contributed by atoms with Gasteiger partial charge in [-0.2, -0.15) is 4.31 Å². The molecular weight excluding hydrogens is 800 g/mol. The van der Waals surface area contributed by atoms with E-state index in [-0.39, 0.29) is 43.3 Å². The van der Waals surface area contributed by atoms with Crippen LogP contribution in [-0.4, -0.2) is 46.8 Å². The summed E-state index contributed by atoms with van der Waals surface area (Å²) in [4.78, 5) is 36.6. The second kappa shape index (κ2) is 17.3. The van der Waals surface area contributed by atoms with Crippen molar-refractivity contribution in [3.05, 3.63) is 154 Å². The summed E-state index contributed by atoms with van der Waals surface area (Å²) in [6, 6.07) is 23.2. The van der Waals surface area contributed by atoms with Crippen LogP contribution in [0.3, 0.4) is 0 Å². The van der Waals surface area contributed by atoms with E-state index in [1.807, 2.05) is 18.2 Å². The molecule has 1 saturated carbocycles. The Kier molecular flexibility index (Phi) is 12.2. The Morgan fingerprint density at radius 2 is 1.43 bits per heavy atom. The largest absolute Gasteiger partial charge is 0.457 e. The van der Waals surface area contributed by atoms with Crippen LogP contribution in [0.2, 0.25) is 5.02 Å². The zero-order chi connectivity index (χ0) is 41.0. The van der Waals surface area contributed by atoms with E-state index in [0.717, 1.165) is 48.3 Å². The Hall–Kier alpha value is -5.22. The fourth-order valence-corrected chi connectivity index (χ4v) is 9.17. The lowest BCUT2D eigenvalue weighted by atomic mass is 9.87. The number of benzene rings is 4. The number of rotatable bonds is 13. The Morgan fingerprint density at radius 1 is 0.793 bits per heavy atom. The molecule has 302 valence electrons. The van der Waals surface area contributed by atoms with Crippen LogP contribution in [0.15, 0.2) is 102 Å². The number of aromatic nitrogens is 2. The van der Waals surface area contributed by atoms with Gasteiger partial charge < -0.3 is 14.4 Å². The molecule has 0 radical (unpaired) electrons. The average molecular weight is 837 g/mol. The van der Waals surface area contributed by atoms with Crippen LogP contribution in [-0.2, 0) is 44.1 Å². The molecule has 7 rings (SSSR count). The van der Waals surface area contributed by atoms with Crippen molar-refractivity contribution in [3.63, 3.8) is 0 Å². The van der Waals surface area contributed by atoms with E-state index in [0.29, 0.717) is 15.6 Å². The number of ether oxygens (including phenoxy) is 2. The van der Waals surface area contributed by atoms with Crippen LogP contribution in [0.25, 0.3) is 0 Å². The average Bonchev–Trinajstić information content (AvgIpc) is 3.24. The van der Waals surface area contributed by atoms with Crippen LogP contribution in [0.1, 0.15) is 77.3 Å². The number of carbonyl (C=O) groups excluding carboxylic acids is 2. The second-order valence-electron chi connectivity index (χ2n) is 14.1. The summed E-state index contributed by atoms with van der Waals surface area (Å²) < 4.78 is 99.8. The van der Waals surface area contributed by atoms with Gasteiger partial charge in [0.2, 0.25) is 5.72 Å². The standard InChI is InChI=1S/C42H37ClF4N4O6S/c43-34-35(44)37(46)38(47)39(36(34)45)58(54,55)51-21-20-42(51,57-26-28-12-6-2-7-13-28)41(53)50(24-31-22-49-33(23-48-31)29-14-8-3-9-15-29)32-18-16-30(17-19-32)40(52)56-25-27-10-4-1-5-11-27/h1-2,4-7,10-13,16-19,22-23,29H,3,8-9,14-15,20-21,24-26H2/t42-/m1/s1. The Labute approximate surface area is 337 Å². The van der Waals surface area contributed by atoms with Gasteiger partial charge in [0, 0.05) is 30.8 Å². The highest BCUT2D eigenvalue weighted by molar-refractivity contribution is 7.89. The smallest absolute Gasteiger partial charge is 0.338 e. The van der Waals surface area contributed by atoms with Gasteiger partial charge in [0.25, 0.3) is 15.9 Å². The Bertz CT molecular complexity index is 2360. The molecule has 0 bridgehead atoms. The van der Waals surface area contributed by atoms with E-state index >= 15 is 13.6 Å². The summed E-state index contributed by atoms with van der Waals surface area (Å²) in [5.74, 6) is -10.3. The fraction of sp³-hybridized carbons (Fsp3) is 0.286. The Balaban J connectivity index is 1.27. The maximum absolute atomic E-state index is 15.4. The number of nitrogens with zero attached hydrogens (tertiary/aromatic N) is 4. The molecule has 1 atom stereocenters. The van der Waals surface area contributed by atoms with Crippen LogP contribution in [0.5, 0.6) is 0 Å². The van der Waals surface area contributed by atoms with Gasteiger partial charge in [0.15, 0.2) is 28.2 Å². The molecule has 10 nitrogen and oxygen atoms in total. The molecule has 1 aliphatic heterocycles. The van der Waals surface area contributed by atoms with Gasteiger partial charge in [-0.1, -0.05) is 91.5 Å². The van der Waals surface area contributed by atoms with E-state index in [1.165, 1.54) is 30.5 Å². The third-order valence-electron chi connectivity index (χ3n) is 10.4. The number of hydrogen-bond donors (Lipinski definition) is 0. The van der Waals surface area contributed by atoms with Crippen LogP contribution in [0.4, 0.5) is 23.2 Å². The summed E-state index contributed by atoms with van der Waals surface area (Å²) in [5, 5.41) is -1.58. The lowest BCUT2D eigenvalue weighted by molar-refractivity contribution is -0.194. The molecule has 1 aliphatic carbocycles. The molecule has 5 aromatic rings. The molecule has 4 aromatic carbocycles. The van der Waals surface area contributed by atoms with Crippen molar-refractivity contribution in [1.29, 1.82) is 0 Å². The minimum absolute atomic E-state index is 0.0114. The number of hydrogen-bond acceptors (Lipinski definition) is 8. The SMILES string of the molecule is O=C(OCc1ccccc1)c1ccc(N(Cc2cnc(C3CCCCC3)cn2)C(=O)[C@]2(OCc3ccccc3)CCN2S(=O)(=O)c2c(F)c(F)c(F)c(Cl)c2F)cc1. The van der Waals surface area contributed by atoms with Crippen molar-refractivity contribution in [3.8, 4) is 0 Å². The van der Waals surface area contributed by atoms with Crippen LogP contribution < -0.4 is 4.90 Å². The van der Waals surface area contributed by atoms with Gasteiger partial charge in [-0.05, 0) is 48.2 Å². The zero-order valence-corrected chi connectivity index (χ0v) is 32.5. The van der Waals surface area contributed by atoms with Gasteiger partial charge in [-0.3, -0.25) is 14.8 Å². The van der Waals surface area contributed by atoms with E-state index in [1.54, 1.807) is 48.7 Å². The molecule has 1 saturated heterocycles. The van der Waals surface area contributed by atoms with Crippen molar-refractivity contribution >= 4 is 39.2 Å². The van der Waals surface area contributed by atoms with E-state index in [4.69, 9.17) is 21.1 Å². The van der Waals surface area contributed by atoms with Gasteiger partial charge >= 0.3 is 5.97 Å². The van der Waals surface area contributed by atoms with E-state index in [9.17, 15) is 22.0 Å². The number of halogens is 5. The molecular formula is C42H37ClF4N4O6S. The second-order valence-corrected chi connectivity index (χ2v) is 16.2. The Morgan fingerprint density at radius 3 is 2.02 bits per heavy atom. The van der Waals surface area contributed by atoms with Crippen molar-refractivity contribution in [1.82, 2.24) is 14.3 Å². The third-order valence-corrected chi connectivity index (χ3v) is 12.6. The number of carbonyl (C=O) groups is 2. The van der Waals surface area contributed by atoms with Crippen molar-refractivity contribution < 1.29 is 45.0 Å². The van der Waals surface area contributed by atoms with Crippen molar-refractivity contribution in [2.75, 3.05) is 11.4 Å². The van der Waals surface area contributed by atoms with Gasteiger partial charge in [0.05, 0.1) is 36.3 Å². The monoisotopic (exact) mass is 836 g/mol. The van der Waals surface area contributed by atoms with Crippen LogP contribution >= 0.6 is 11.6 Å². The predicted octanol–water partition coefficient (Wildman–Crippen LogP) is 8.63. The van der Waals surface area contributed by atoms with E-state index < -0.39 is 67.4 Å². The molecule has 2 aliphatic rings. The molecule has 16 heteroatoms. The topological polar surface area (TPSA) is 119 Å². The molecule has 0 spiro atoms. The third kappa shape index (κ3) is 8.21. The first-order chi connectivity index (χ1) is 27.9. The van der Waals surface area contributed by atoms with Gasteiger partial charge in [0.1, 0.15) is 11.6 Å². The molecule has 1 aromatic heterocycles. The predicted molar refractivity (Wildman–Crippen MR) is 205 cm³/mol. The summed E-state index contributed by atoms with van der Waals surface area (Å²) in [5.41, 5.74) is 0.208. The first-order valence-corrected chi connectivity index (χ1v) is 20.4. The van der Waals surface area contributed by atoms with E-state index in [2.05, 4.69) is 9.97 Å². The zero-order valence-electron chi connectivity index (χ0n) is 30.9. The summed E-state index contributed by atoms with van der Waals surface area (Å²) in [7, 11) is -5.51. The van der Waals surface area contributed by atoms with Gasteiger partial charge in [-0.25, -0.2) is 30.8 Å². The highest BCUT2D eigenvalue weighted by atomic mass is 35.5.